The number of benzene rings is 1. The van der Waals surface area contributed by atoms with Crippen molar-refractivity contribution in [3.63, 3.8) is 0 Å². The van der Waals surface area contributed by atoms with Crippen LogP contribution in [0.15, 0.2) is 24.3 Å². The summed E-state index contributed by atoms with van der Waals surface area (Å²) < 4.78 is 11.7. The van der Waals surface area contributed by atoms with Gasteiger partial charge in [0.2, 0.25) is 5.91 Å². The van der Waals surface area contributed by atoms with E-state index in [0.29, 0.717) is 18.1 Å². The summed E-state index contributed by atoms with van der Waals surface area (Å²) in [5, 5.41) is 3.52. The van der Waals surface area contributed by atoms with Crippen LogP contribution in [0.25, 0.3) is 0 Å². The lowest BCUT2D eigenvalue weighted by Gasteiger charge is -2.25. The van der Waals surface area contributed by atoms with Gasteiger partial charge in [-0.15, -0.1) is 0 Å². The smallest absolute Gasteiger partial charge is 0.244 e. The lowest BCUT2D eigenvalue weighted by atomic mass is 10.1. The summed E-state index contributed by atoms with van der Waals surface area (Å²) in [7, 11) is -0.841. The SMILES string of the molecule is CCS(=O)CCN1C(=O)C2(CC2)NC1c1ccccc1C. The number of rotatable bonds is 5. The summed E-state index contributed by atoms with van der Waals surface area (Å²) in [6.07, 6.45) is 1.76. The number of aryl methyl sites for hydroxylation is 1. The van der Waals surface area contributed by atoms with Gasteiger partial charge >= 0.3 is 0 Å². The molecule has 21 heavy (non-hydrogen) atoms. The van der Waals surface area contributed by atoms with Gasteiger partial charge in [-0.2, -0.15) is 0 Å². The van der Waals surface area contributed by atoms with Crippen LogP contribution in [0.3, 0.4) is 0 Å². The molecule has 1 saturated carbocycles. The Labute approximate surface area is 128 Å². The molecule has 2 fully saturated rings. The standard InChI is InChI=1S/C16H22N2O2S/c1-3-21(20)11-10-18-14(13-7-5-4-6-12(13)2)17-16(8-9-16)15(18)19/h4-7,14,17H,3,8-11H2,1-2H3. The van der Waals surface area contributed by atoms with Gasteiger partial charge in [0, 0.05) is 28.9 Å². The fourth-order valence-corrected chi connectivity index (χ4v) is 3.68. The molecule has 2 unspecified atom stereocenters. The van der Waals surface area contributed by atoms with Gasteiger partial charge in [-0.3, -0.25) is 14.3 Å². The van der Waals surface area contributed by atoms with E-state index < -0.39 is 10.8 Å². The number of hydrogen-bond donors (Lipinski definition) is 1. The third kappa shape index (κ3) is 2.64. The van der Waals surface area contributed by atoms with Gasteiger partial charge in [-0.25, -0.2) is 0 Å². The fourth-order valence-electron chi connectivity index (χ4n) is 2.99. The molecular formula is C16H22N2O2S. The van der Waals surface area contributed by atoms with Gasteiger partial charge in [0.25, 0.3) is 0 Å². The Morgan fingerprint density at radius 3 is 2.71 bits per heavy atom. The summed E-state index contributed by atoms with van der Waals surface area (Å²) in [5.74, 6) is 1.39. The van der Waals surface area contributed by atoms with E-state index in [2.05, 4.69) is 24.4 Å². The summed E-state index contributed by atoms with van der Waals surface area (Å²) >= 11 is 0. The van der Waals surface area contributed by atoms with E-state index in [0.717, 1.165) is 18.4 Å². The second-order valence-electron chi connectivity index (χ2n) is 5.92. The minimum Gasteiger partial charge on any atom is -0.320 e. The van der Waals surface area contributed by atoms with Crippen LogP contribution in [0, 0.1) is 6.92 Å². The van der Waals surface area contributed by atoms with Gasteiger partial charge in [-0.05, 0) is 30.9 Å². The lowest BCUT2D eigenvalue weighted by molar-refractivity contribution is -0.130. The predicted octanol–water partition coefficient (Wildman–Crippen LogP) is 1.73. The summed E-state index contributed by atoms with van der Waals surface area (Å²) in [4.78, 5) is 14.5. The third-order valence-electron chi connectivity index (χ3n) is 4.51. The Morgan fingerprint density at radius 2 is 2.10 bits per heavy atom. The average Bonchev–Trinajstić information content (AvgIpc) is 3.21. The van der Waals surface area contributed by atoms with E-state index in [1.807, 2.05) is 24.0 Å². The van der Waals surface area contributed by atoms with Crippen molar-refractivity contribution in [3.8, 4) is 0 Å². The predicted molar refractivity (Wildman–Crippen MR) is 84.3 cm³/mol. The van der Waals surface area contributed by atoms with Gasteiger partial charge in [0.15, 0.2) is 0 Å². The summed E-state index contributed by atoms with van der Waals surface area (Å²) in [6.45, 7) is 4.55. The maximum Gasteiger partial charge on any atom is 0.244 e. The largest absolute Gasteiger partial charge is 0.320 e. The molecule has 1 aliphatic carbocycles. The molecule has 2 atom stereocenters. The Bertz CT molecular complexity index is 583. The van der Waals surface area contributed by atoms with E-state index in [1.54, 1.807) is 0 Å². The molecule has 0 aromatic heterocycles. The fraction of sp³-hybridized carbons (Fsp3) is 0.562. The van der Waals surface area contributed by atoms with Crippen LogP contribution in [-0.4, -0.2) is 38.6 Å². The second-order valence-corrected chi connectivity index (χ2v) is 7.78. The van der Waals surface area contributed by atoms with Crippen LogP contribution < -0.4 is 5.32 Å². The molecule has 1 aliphatic heterocycles. The number of nitrogens with zero attached hydrogens (tertiary/aromatic N) is 1. The highest BCUT2D eigenvalue weighted by atomic mass is 32.2. The zero-order valence-corrected chi connectivity index (χ0v) is 13.4. The monoisotopic (exact) mass is 306 g/mol. The molecule has 4 nitrogen and oxygen atoms in total. The van der Waals surface area contributed by atoms with Gasteiger partial charge in [-0.1, -0.05) is 31.2 Å². The van der Waals surface area contributed by atoms with Gasteiger partial charge in [0.05, 0.1) is 0 Å². The summed E-state index contributed by atoms with van der Waals surface area (Å²) in [6, 6.07) is 8.17. The van der Waals surface area contributed by atoms with E-state index >= 15 is 0 Å². The first-order chi connectivity index (χ1) is 10.1. The van der Waals surface area contributed by atoms with Crippen molar-refractivity contribution < 1.29 is 9.00 Å². The Morgan fingerprint density at radius 1 is 1.38 bits per heavy atom. The number of amides is 1. The van der Waals surface area contributed by atoms with Crippen molar-refractivity contribution in [3.05, 3.63) is 35.4 Å². The van der Waals surface area contributed by atoms with Crippen molar-refractivity contribution in [2.75, 3.05) is 18.1 Å². The molecule has 0 bridgehead atoms. The van der Waals surface area contributed by atoms with E-state index in [4.69, 9.17) is 0 Å². The second kappa shape index (κ2) is 5.54. The van der Waals surface area contributed by atoms with E-state index in [1.165, 1.54) is 5.56 Å². The first-order valence-corrected chi connectivity index (χ1v) is 9.05. The quantitative estimate of drug-likeness (QED) is 0.901. The first-order valence-electron chi connectivity index (χ1n) is 7.57. The molecule has 1 aromatic rings. The average molecular weight is 306 g/mol. The Kier molecular flexibility index (Phi) is 3.88. The first kappa shape index (κ1) is 14.7. The molecule has 1 N–H and O–H groups in total. The highest BCUT2D eigenvalue weighted by molar-refractivity contribution is 7.84. The number of carbonyl (C=O) groups is 1. The number of hydrogen-bond acceptors (Lipinski definition) is 3. The van der Waals surface area contributed by atoms with Crippen molar-refractivity contribution in [1.29, 1.82) is 0 Å². The normalized spacial score (nSPS) is 24.6. The van der Waals surface area contributed by atoms with Crippen molar-refractivity contribution >= 4 is 16.7 Å². The van der Waals surface area contributed by atoms with Crippen molar-refractivity contribution in [2.24, 2.45) is 0 Å². The molecule has 3 rings (SSSR count). The van der Waals surface area contributed by atoms with Crippen LogP contribution >= 0.6 is 0 Å². The molecule has 114 valence electrons. The zero-order valence-electron chi connectivity index (χ0n) is 12.6. The van der Waals surface area contributed by atoms with Crippen molar-refractivity contribution in [2.45, 2.75) is 38.4 Å². The molecule has 1 spiro atoms. The van der Waals surface area contributed by atoms with E-state index in [-0.39, 0.29) is 17.6 Å². The maximum atomic E-state index is 12.6. The maximum absolute atomic E-state index is 12.6. The van der Waals surface area contributed by atoms with E-state index in [9.17, 15) is 9.00 Å². The zero-order chi connectivity index (χ0) is 15.0. The van der Waals surface area contributed by atoms with Crippen LogP contribution in [0.4, 0.5) is 0 Å². The molecule has 1 heterocycles. The number of nitrogens with one attached hydrogen (secondary N) is 1. The Hall–Kier alpha value is -1.20. The van der Waals surface area contributed by atoms with Crippen LogP contribution in [0.5, 0.6) is 0 Å². The molecule has 0 radical (unpaired) electrons. The van der Waals surface area contributed by atoms with Crippen molar-refractivity contribution in [1.82, 2.24) is 10.2 Å². The lowest BCUT2D eigenvalue weighted by Crippen LogP contribution is -2.35. The van der Waals surface area contributed by atoms with Gasteiger partial charge < -0.3 is 4.90 Å². The van der Waals surface area contributed by atoms with Gasteiger partial charge in [0.1, 0.15) is 11.7 Å². The number of carbonyl (C=O) groups excluding carboxylic acids is 1. The molecule has 2 aliphatic rings. The van der Waals surface area contributed by atoms with Crippen LogP contribution in [-0.2, 0) is 15.6 Å². The minimum absolute atomic E-state index is 0.0740. The highest BCUT2D eigenvalue weighted by Crippen LogP contribution is 2.46. The minimum atomic E-state index is -0.841. The summed E-state index contributed by atoms with van der Waals surface area (Å²) in [5.41, 5.74) is 2.00. The van der Waals surface area contributed by atoms with Crippen LogP contribution in [0.2, 0.25) is 0 Å². The molecule has 5 heteroatoms. The third-order valence-corrected chi connectivity index (χ3v) is 5.79. The molecular weight excluding hydrogens is 284 g/mol. The molecule has 1 saturated heterocycles. The molecule has 1 amide bonds. The van der Waals surface area contributed by atoms with Crippen LogP contribution in [0.1, 0.15) is 37.1 Å². The highest BCUT2D eigenvalue weighted by Gasteiger charge is 2.59. The molecule has 1 aromatic carbocycles. The topological polar surface area (TPSA) is 49.4 Å². The Balaban J connectivity index is 1.85.